The maximum absolute atomic E-state index is 14.3. The number of nitrogens with one attached hydrogen (secondary N) is 1. The number of anilines is 1. The summed E-state index contributed by atoms with van der Waals surface area (Å²) in [4.78, 5) is 26.4. The van der Waals surface area contributed by atoms with Crippen LogP contribution in [0.25, 0.3) is 17.0 Å². The number of aryl methyl sites for hydroxylation is 1. The van der Waals surface area contributed by atoms with Crippen LogP contribution in [-0.2, 0) is 38.1 Å². The van der Waals surface area contributed by atoms with Crippen molar-refractivity contribution < 1.29 is 19.1 Å². The quantitative estimate of drug-likeness (QED) is 0.330. The minimum atomic E-state index is -0.377. The van der Waals surface area contributed by atoms with Gasteiger partial charge in [-0.05, 0) is 104 Å². The third kappa shape index (κ3) is 4.57. The maximum Gasteiger partial charge on any atom is 0.333 e. The lowest BCUT2D eigenvalue weighted by Crippen LogP contribution is -2.53. The zero-order valence-electron chi connectivity index (χ0n) is 24.8. The molecule has 2 bridgehead atoms. The van der Waals surface area contributed by atoms with Crippen molar-refractivity contribution in [1.82, 2.24) is 9.78 Å². The highest BCUT2D eigenvalue weighted by atomic mass is 16.5. The molecule has 220 valence electrons. The molecule has 2 saturated heterocycles. The molecule has 3 heterocycles. The third-order valence-corrected chi connectivity index (χ3v) is 10.9. The lowest BCUT2D eigenvalue weighted by molar-refractivity contribution is -0.200. The summed E-state index contributed by atoms with van der Waals surface area (Å²) in [7, 11) is 3.40. The average molecular weight is 568 g/mol. The zero-order valence-corrected chi connectivity index (χ0v) is 24.8. The average Bonchev–Trinajstić information content (AvgIpc) is 3.41. The summed E-state index contributed by atoms with van der Waals surface area (Å²) in [5, 5.41) is 8.99. The molecule has 42 heavy (non-hydrogen) atoms. The van der Waals surface area contributed by atoms with Crippen molar-refractivity contribution in [1.29, 1.82) is 0 Å². The molecule has 0 radical (unpaired) electrons. The molecule has 5 aliphatic rings. The van der Waals surface area contributed by atoms with E-state index in [9.17, 15) is 9.59 Å². The third-order valence-electron chi connectivity index (χ3n) is 10.9. The first-order chi connectivity index (χ1) is 20.3. The van der Waals surface area contributed by atoms with Crippen molar-refractivity contribution in [2.75, 3.05) is 19.0 Å². The number of fused-ring (bicyclic) bond motifs is 5. The van der Waals surface area contributed by atoms with E-state index in [2.05, 4.69) is 28.6 Å². The number of ether oxygens (including phenoxy) is 2. The molecule has 1 amide bonds. The molecule has 2 saturated carbocycles. The zero-order chi connectivity index (χ0) is 29.0. The molecule has 3 aromatic rings. The van der Waals surface area contributed by atoms with E-state index in [1.54, 1.807) is 0 Å². The minimum absolute atomic E-state index is 0.0447. The van der Waals surface area contributed by atoms with Gasteiger partial charge < -0.3 is 14.8 Å². The van der Waals surface area contributed by atoms with Gasteiger partial charge in [-0.15, -0.1) is 0 Å². The van der Waals surface area contributed by atoms with Crippen LogP contribution in [0.15, 0.2) is 48.2 Å². The molecule has 0 unspecified atom stereocenters. The fraction of sp³-hybridized carbons (Fsp3) is 0.514. The van der Waals surface area contributed by atoms with Crippen LogP contribution in [0, 0.1) is 10.8 Å². The van der Waals surface area contributed by atoms with Crippen molar-refractivity contribution >= 4 is 34.5 Å². The van der Waals surface area contributed by atoms with Gasteiger partial charge in [-0.2, -0.15) is 5.10 Å². The summed E-state index contributed by atoms with van der Waals surface area (Å²) in [5.41, 5.74) is 5.51. The van der Waals surface area contributed by atoms with Crippen molar-refractivity contribution in [3.05, 3.63) is 64.9 Å². The van der Waals surface area contributed by atoms with Gasteiger partial charge in [-0.1, -0.05) is 37.5 Å². The van der Waals surface area contributed by atoms with Gasteiger partial charge in [0.15, 0.2) is 0 Å². The Hall–Kier alpha value is -3.45. The summed E-state index contributed by atoms with van der Waals surface area (Å²) in [5.74, 6) is -0.114. The molecule has 0 atom stereocenters. The monoisotopic (exact) mass is 567 g/mol. The molecule has 0 spiro atoms. The van der Waals surface area contributed by atoms with Gasteiger partial charge in [-0.25, -0.2) is 4.79 Å². The Labute approximate surface area is 247 Å². The van der Waals surface area contributed by atoms with Crippen molar-refractivity contribution in [2.45, 2.75) is 82.7 Å². The number of hydrogen-bond acceptors (Lipinski definition) is 5. The molecule has 2 aromatic carbocycles. The number of carbonyl (C=O) groups is 2. The normalized spacial score (nSPS) is 26.4. The first-order valence-corrected chi connectivity index (χ1v) is 15.6. The molecule has 8 rings (SSSR count). The fourth-order valence-corrected chi connectivity index (χ4v) is 8.44. The Kier molecular flexibility index (Phi) is 6.76. The van der Waals surface area contributed by atoms with Crippen LogP contribution in [0.2, 0.25) is 0 Å². The predicted molar refractivity (Wildman–Crippen MR) is 163 cm³/mol. The van der Waals surface area contributed by atoms with Gasteiger partial charge in [0.2, 0.25) is 5.91 Å². The van der Waals surface area contributed by atoms with Crippen molar-refractivity contribution in [3.63, 3.8) is 0 Å². The number of esters is 1. The molecule has 4 fully saturated rings. The van der Waals surface area contributed by atoms with E-state index in [4.69, 9.17) is 9.47 Å². The SMILES string of the molecule is COC(=O)C1=Cc2cccc(NC(=O)C3(CC45CCC(c6ccc7c(cnn7C)c6)(CC4)OC5)CCCCC3)c2CC1. The Bertz CT molecular complexity index is 1550. The van der Waals surface area contributed by atoms with Gasteiger partial charge in [0.1, 0.15) is 0 Å². The van der Waals surface area contributed by atoms with E-state index < -0.39 is 0 Å². The number of nitrogens with zero attached hydrogens (tertiary/aromatic N) is 2. The highest BCUT2D eigenvalue weighted by molar-refractivity contribution is 5.98. The first kappa shape index (κ1) is 27.4. The number of hydrogen-bond donors (Lipinski definition) is 1. The Balaban J connectivity index is 1.10. The van der Waals surface area contributed by atoms with Crippen LogP contribution < -0.4 is 5.32 Å². The lowest BCUT2D eigenvalue weighted by atomic mass is 9.56. The first-order valence-electron chi connectivity index (χ1n) is 15.6. The lowest BCUT2D eigenvalue weighted by Gasteiger charge is -2.56. The van der Waals surface area contributed by atoms with Crippen LogP contribution in [0.5, 0.6) is 0 Å². The van der Waals surface area contributed by atoms with Gasteiger partial charge >= 0.3 is 5.97 Å². The Morgan fingerprint density at radius 1 is 1.02 bits per heavy atom. The van der Waals surface area contributed by atoms with E-state index >= 15 is 0 Å². The molecular weight excluding hydrogens is 526 g/mol. The number of methoxy groups -OCH3 is 1. The van der Waals surface area contributed by atoms with Crippen LogP contribution in [0.1, 0.15) is 87.3 Å². The minimum Gasteiger partial charge on any atom is -0.466 e. The summed E-state index contributed by atoms with van der Waals surface area (Å²) in [6.07, 6.45) is 15.5. The van der Waals surface area contributed by atoms with Crippen LogP contribution in [0.3, 0.4) is 0 Å². The smallest absolute Gasteiger partial charge is 0.333 e. The van der Waals surface area contributed by atoms with E-state index in [0.29, 0.717) is 18.4 Å². The molecule has 1 aromatic heterocycles. The maximum atomic E-state index is 14.3. The second-order valence-corrected chi connectivity index (χ2v) is 13.3. The van der Waals surface area contributed by atoms with E-state index in [-0.39, 0.29) is 28.3 Å². The number of aromatic nitrogens is 2. The summed E-state index contributed by atoms with van der Waals surface area (Å²) in [6, 6.07) is 12.7. The topological polar surface area (TPSA) is 82.5 Å². The van der Waals surface area contributed by atoms with Crippen LogP contribution in [-0.4, -0.2) is 35.4 Å². The largest absolute Gasteiger partial charge is 0.466 e. The fourth-order valence-electron chi connectivity index (χ4n) is 8.44. The molecular formula is C35H41N3O4. The molecule has 7 nitrogen and oxygen atoms in total. The summed E-state index contributed by atoms with van der Waals surface area (Å²) in [6.45, 7) is 0.717. The summed E-state index contributed by atoms with van der Waals surface area (Å²) < 4.78 is 13.7. The van der Waals surface area contributed by atoms with Gasteiger partial charge in [0.05, 0.1) is 36.4 Å². The van der Waals surface area contributed by atoms with E-state index in [1.807, 2.05) is 42.2 Å². The Morgan fingerprint density at radius 3 is 2.57 bits per heavy atom. The standard InChI is InChI=1S/C35H41N3O4/c1-38-30-12-10-27(20-26(30)21-36-38)35-17-15-33(16-18-35,23-42-35)22-34(13-4-3-5-14-34)32(40)37-29-8-6-7-24-19-25(31(39)41-2)9-11-28(24)29/h6-8,10,12,19-21H,3-5,9,11,13-18,22-23H2,1-2H3,(H,37,40). The van der Waals surface area contributed by atoms with Crippen LogP contribution in [0.4, 0.5) is 5.69 Å². The van der Waals surface area contributed by atoms with E-state index in [0.717, 1.165) is 92.1 Å². The van der Waals surface area contributed by atoms with Gasteiger partial charge in [0.25, 0.3) is 0 Å². The second kappa shape index (κ2) is 10.4. The Morgan fingerprint density at radius 2 is 1.83 bits per heavy atom. The summed E-state index contributed by atoms with van der Waals surface area (Å²) >= 11 is 0. The number of amides is 1. The predicted octanol–water partition coefficient (Wildman–Crippen LogP) is 6.84. The highest BCUT2D eigenvalue weighted by Gasteiger charge is 2.55. The molecule has 7 heteroatoms. The molecule has 2 aliphatic heterocycles. The second-order valence-electron chi connectivity index (χ2n) is 13.3. The molecule has 3 aliphatic carbocycles. The highest BCUT2D eigenvalue weighted by Crippen LogP contribution is 2.59. The van der Waals surface area contributed by atoms with E-state index in [1.165, 1.54) is 19.1 Å². The molecule has 1 N–H and O–H groups in total. The number of benzene rings is 2. The van der Waals surface area contributed by atoms with Crippen LogP contribution >= 0.6 is 0 Å². The van der Waals surface area contributed by atoms with Gasteiger partial charge in [0, 0.05) is 23.7 Å². The van der Waals surface area contributed by atoms with Crippen molar-refractivity contribution in [2.24, 2.45) is 17.9 Å². The number of rotatable bonds is 6. The number of carbonyl (C=O) groups excluding carboxylic acids is 2. The van der Waals surface area contributed by atoms with Crippen molar-refractivity contribution in [3.8, 4) is 0 Å². The van der Waals surface area contributed by atoms with Gasteiger partial charge in [-0.3, -0.25) is 9.48 Å².